The first-order chi connectivity index (χ1) is 19.5. The van der Waals surface area contributed by atoms with Crippen LogP contribution < -0.4 is 11.1 Å². The highest BCUT2D eigenvalue weighted by Crippen LogP contribution is 2.54. The van der Waals surface area contributed by atoms with Crippen molar-refractivity contribution in [3.8, 4) is 0 Å². The molecule has 5 unspecified atom stereocenters. The normalized spacial score (nSPS) is 25.1. The minimum atomic E-state index is 0.810. The van der Waals surface area contributed by atoms with Crippen LogP contribution in [-0.2, 0) is 0 Å². The van der Waals surface area contributed by atoms with Crippen LogP contribution in [0.5, 0.6) is 0 Å². The van der Waals surface area contributed by atoms with Crippen molar-refractivity contribution in [1.29, 1.82) is 0 Å². The number of nitrogens with zero attached hydrogens (tertiary/aromatic N) is 1. The molecule has 3 aliphatic heterocycles. The molecule has 3 heterocycles. The highest BCUT2D eigenvalue weighted by Gasteiger charge is 2.53. The Balaban J connectivity index is 0.000000478. The number of piperidine rings is 1. The van der Waals surface area contributed by atoms with Gasteiger partial charge in [-0.25, -0.2) is 0 Å². The van der Waals surface area contributed by atoms with Gasteiger partial charge in [-0.1, -0.05) is 124 Å². The van der Waals surface area contributed by atoms with E-state index in [0.717, 1.165) is 40.6 Å². The Labute approximate surface area is 255 Å². The van der Waals surface area contributed by atoms with Crippen LogP contribution in [0.4, 0.5) is 0 Å². The van der Waals surface area contributed by atoms with E-state index in [-0.39, 0.29) is 0 Å². The van der Waals surface area contributed by atoms with E-state index in [1.54, 1.807) is 0 Å². The second kappa shape index (κ2) is 22.0. The van der Waals surface area contributed by atoms with Gasteiger partial charge in [0, 0.05) is 27.9 Å². The highest BCUT2D eigenvalue weighted by molar-refractivity contribution is 8.02. The van der Waals surface area contributed by atoms with Gasteiger partial charge in [0.1, 0.15) is 0 Å². The second-order valence-electron chi connectivity index (χ2n) is 13.2. The van der Waals surface area contributed by atoms with E-state index >= 15 is 0 Å². The average molecular weight is 576 g/mol. The Morgan fingerprint density at radius 2 is 1.40 bits per heavy atom. The molecule has 234 valence electrons. The fourth-order valence-electron chi connectivity index (χ4n) is 7.07. The number of hydrogen-bond donors (Lipinski definition) is 2. The van der Waals surface area contributed by atoms with Crippen LogP contribution in [0.25, 0.3) is 0 Å². The summed E-state index contributed by atoms with van der Waals surface area (Å²) in [7, 11) is 0. The van der Waals surface area contributed by atoms with E-state index in [1.165, 1.54) is 154 Å². The number of hydrogen-bond acceptors (Lipinski definition) is 4. The first-order valence-electron chi connectivity index (χ1n) is 17.7. The van der Waals surface area contributed by atoms with Gasteiger partial charge in [0.2, 0.25) is 0 Å². The van der Waals surface area contributed by atoms with Gasteiger partial charge >= 0.3 is 0 Å². The number of thioether (sulfide) groups is 1. The highest BCUT2D eigenvalue weighted by atomic mass is 32.2. The zero-order valence-electron chi connectivity index (χ0n) is 27.2. The molecular weight excluding hydrogens is 506 g/mol. The third kappa shape index (κ3) is 13.6. The topological polar surface area (TPSA) is 41.3 Å². The van der Waals surface area contributed by atoms with Gasteiger partial charge in [-0.15, -0.1) is 0 Å². The summed E-state index contributed by atoms with van der Waals surface area (Å²) in [6.07, 6.45) is 30.1. The molecule has 0 saturated carbocycles. The van der Waals surface area contributed by atoms with Gasteiger partial charge in [0.05, 0.1) is 6.04 Å². The predicted molar refractivity (Wildman–Crippen MR) is 182 cm³/mol. The molecule has 5 atom stereocenters. The fourth-order valence-corrected chi connectivity index (χ4v) is 8.93. The number of allylic oxidation sites excluding steroid dienone is 2. The van der Waals surface area contributed by atoms with Gasteiger partial charge in [-0.2, -0.15) is 11.8 Å². The van der Waals surface area contributed by atoms with Crippen LogP contribution in [0.15, 0.2) is 24.6 Å². The molecule has 0 aromatic rings. The van der Waals surface area contributed by atoms with Crippen molar-refractivity contribution >= 4 is 11.8 Å². The monoisotopic (exact) mass is 576 g/mol. The molecule has 3 fully saturated rings. The van der Waals surface area contributed by atoms with Crippen molar-refractivity contribution in [2.24, 2.45) is 11.7 Å². The quantitative estimate of drug-likeness (QED) is 0.126. The largest absolute Gasteiger partial charge is 0.403 e. The molecule has 0 aromatic carbocycles. The fraction of sp³-hybridized carbons (Fsp3) is 0.889. The maximum absolute atomic E-state index is 5.41. The number of nitrogens with two attached hydrogens (primary N) is 1. The summed E-state index contributed by atoms with van der Waals surface area (Å²) in [5.41, 5.74) is 7.69. The van der Waals surface area contributed by atoms with Crippen molar-refractivity contribution in [3.63, 3.8) is 0 Å². The van der Waals surface area contributed by atoms with Crippen LogP contribution in [0, 0.1) is 5.92 Å². The number of nitrogens with one attached hydrogen (secondary N) is 1. The van der Waals surface area contributed by atoms with Gasteiger partial charge in [0.15, 0.2) is 0 Å². The Kier molecular flexibility index (Phi) is 19.6. The molecule has 0 amide bonds. The van der Waals surface area contributed by atoms with Crippen molar-refractivity contribution < 1.29 is 0 Å². The Hall–Kier alpha value is -0.610. The summed E-state index contributed by atoms with van der Waals surface area (Å²) < 4.78 is 0. The lowest BCUT2D eigenvalue weighted by atomic mass is 9.84. The van der Waals surface area contributed by atoms with E-state index in [1.807, 2.05) is 0 Å². The second-order valence-corrected chi connectivity index (χ2v) is 14.7. The van der Waals surface area contributed by atoms with Crippen molar-refractivity contribution in [2.45, 2.75) is 185 Å². The minimum Gasteiger partial charge on any atom is -0.403 e. The molecule has 0 aromatic heterocycles. The lowest BCUT2D eigenvalue weighted by Crippen LogP contribution is -2.62. The molecule has 0 radical (unpaired) electrons. The summed E-state index contributed by atoms with van der Waals surface area (Å²) in [6.45, 7) is 17.5. The molecule has 0 bridgehead atoms. The lowest BCUT2D eigenvalue weighted by molar-refractivity contribution is 0.0942. The van der Waals surface area contributed by atoms with Crippen molar-refractivity contribution in [2.75, 3.05) is 13.1 Å². The third-order valence-corrected chi connectivity index (χ3v) is 11.2. The first-order valence-corrected chi connectivity index (χ1v) is 18.7. The van der Waals surface area contributed by atoms with Gasteiger partial charge in [-0.3, -0.25) is 0 Å². The summed E-state index contributed by atoms with van der Waals surface area (Å²) >= 11 is 2.30. The molecule has 3 saturated heterocycles. The molecule has 3 N–H and O–H groups in total. The van der Waals surface area contributed by atoms with E-state index in [4.69, 9.17) is 5.73 Å². The van der Waals surface area contributed by atoms with Crippen LogP contribution >= 0.6 is 11.8 Å². The van der Waals surface area contributed by atoms with E-state index < -0.39 is 0 Å². The van der Waals surface area contributed by atoms with Crippen LogP contribution in [-0.4, -0.2) is 40.6 Å². The molecule has 3 nitrogen and oxygen atoms in total. The Bertz CT molecular complexity index is 664. The summed E-state index contributed by atoms with van der Waals surface area (Å²) in [6, 6.07) is 1.63. The maximum Gasteiger partial charge on any atom is 0.0527 e. The molecule has 3 aliphatic rings. The standard InChI is InChI=1S/C27H50N2S.C9H19N/c1-4-5-6-7-8-9-10-11-12-14-19-28-20-15-13-16-25-27-26(30-25)21-22(2)24-18-17-23(3)29(24)27;1-3-4-5-6-7-8-9(2)10/h22,24-28H,3-21H2,1-2H3;2-8,10H2,1H3. The molecule has 4 heteroatoms. The predicted octanol–water partition coefficient (Wildman–Crippen LogP) is 10.4. The number of fused-ring (bicyclic) bond motifs is 3. The average Bonchev–Trinajstić information content (AvgIpc) is 3.30. The first kappa shape index (κ1) is 35.6. The molecule has 0 spiro atoms. The Morgan fingerprint density at radius 3 is 2.00 bits per heavy atom. The third-order valence-electron chi connectivity index (χ3n) is 9.55. The van der Waals surface area contributed by atoms with E-state index in [0.29, 0.717) is 0 Å². The van der Waals surface area contributed by atoms with E-state index in [2.05, 4.69) is 55.9 Å². The zero-order valence-corrected chi connectivity index (χ0v) is 28.0. The van der Waals surface area contributed by atoms with Gasteiger partial charge < -0.3 is 16.0 Å². The van der Waals surface area contributed by atoms with Crippen LogP contribution in [0.2, 0.25) is 0 Å². The van der Waals surface area contributed by atoms with E-state index in [9.17, 15) is 0 Å². The summed E-state index contributed by atoms with van der Waals surface area (Å²) in [5, 5.41) is 5.47. The summed E-state index contributed by atoms with van der Waals surface area (Å²) in [4.78, 5) is 2.78. The molecule has 40 heavy (non-hydrogen) atoms. The molecule has 0 aliphatic carbocycles. The smallest absolute Gasteiger partial charge is 0.0527 e. The van der Waals surface area contributed by atoms with Crippen LogP contribution in [0.1, 0.15) is 162 Å². The van der Waals surface area contributed by atoms with Crippen molar-refractivity contribution in [3.05, 3.63) is 24.6 Å². The molecule has 3 rings (SSSR count). The lowest BCUT2D eigenvalue weighted by Gasteiger charge is -2.57. The van der Waals surface area contributed by atoms with Gasteiger partial charge in [0.25, 0.3) is 0 Å². The minimum absolute atomic E-state index is 0.810. The van der Waals surface area contributed by atoms with Gasteiger partial charge in [-0.05, 0) is 70.4 Å². The number of rotatable bonds is 22. The molecular formula is C36H69N3S. The summed E-state index contributed by atoms with van der Waals surface area (Å²) in [5.74, 6) is 0.869. The number of unbranched alkanes of at least 4 members (excludes halogenated alkanes) is 14. The van der Waals surface area contributed by atoms with Crippen molar-refractivity contribution in [1.82, 2.24) is 10.2 Å². The van der Waals surface area contributed by atoms with Crippen LogP contribution in [0.3, 0.4) is 0 Å². The Morgan fingerprint density at radius 1 is 0.850 bits per heavy atom. The SMILES string of the molecule is C=C(N)CCCCCCC.C=C1CCC2C(C)CC3SC(CCCCNCCCCCCCCCCCC)C3N12. The maximum atomic E-state index is 5.41. The zero-order chi connectivity index (χ0) is 29.0.